The van der Waals surface area contributed by atoms with Crippen molar-refractivity contribution in [2.24, 2.45) is 4.99 Å². The first-order valence-electron chi connectivity index (χ1n) is 27.2. The summed E-state index contributed by atoms with van der Waals surface area (Å²) in [5.41, 5.74) is 10.2. The number of aryl methyl sites for hydroxylation is 2. The minimum absolute atomic E-state index is 0.0204. The first-order chi connectivity index (χ1) is 38.6. The Morgan fingerprint density at radius 1 is 0.775 bits per heavy atom. The minimum atomic E-state index is -4.04. The Hall–Kier alpha value is -5.93. The topological polar surface area (TPSA) is 172 Å². The fourth-order valence-corrected chi connectivity index (χ4v) is 14.8. The zero-order valence-electron chi connectivity index (χ0n) is 46.7. The van der Waals surface area contributed by atoms with E-state index >= 15 is 0 Å². The zero-order chi connectivity index (χ0) is 56.6. The van der Waals surface area contributed by atoms with Gasteiger partial charge in [0.15, 0.2) is 17.3 Å². The molecule has 0 saturated heterocycles. The summed E-state index contributed by atoms with van der Waals surface area (Å²) in [6.45, 7) is 11.4. The summed E-state index contributed by atoms with van der Waals surface area (Å²) in [4.78, 5) is 52.1. The maximum Gasteiger partial charge on any atom is 0.277 e. The number of hydrogen-bond donors (Lipinski definition) is 0. The lowest BCUT2D eigenvalue weighted by molar-refractivity contribution is -0.118. The van der Waals surface area contributed by atoms with Crippen molar-refractivity contribution < 1.29 is 55.4 Å². The maximum absolute atomic E-state index is 14.3. The monoisotopic (exact) mass is 1150 g/mol. The molecule has 0 fully saturated rings. The molecular formula is C61H72N4O12S3. The van der Waals surface area contributed by atoms with Gasteiger partial charge in [0.2, 0.25) is 0 Å². The number of carbonyl (C=O) groups is 3. The molecule has 0 radical (unpaired) electrons. The van der Waals surface area contributed by atoms with Crippen LogP contribution >= 0.6 is 21.6 Å². The second-order valence-corrected chi connectivity index (χ2v) is 26.0. The van der Waals surface area contributed by atoms with Crippen molar-refractivity contribution in [3.8, 4) is 17.2 Å². The van der Waals surface area contributed by atoms with E-state index in [4.69, 9.17) is 37.6 Å². The molecule has 0 bridgehead atoms. The molecular weight excluding hydrogens is 1080 g/mol. The van der Waals surface area contributed by atoms with Gasteiger partial charge in [-0.05, 0) is 128 Å². The van der Waals surface area contributed by atoms with Crippen LogP contribution in [0.2, 0.25) is 0 Å². The summed E-state index contributed by atoms with van der Waals surface area (Å²) in [7, 11) is 3.38. The third-order valence-electron chi connectivity index (χ3n) is 14.9. The van der Waals surface area contributed by atoms with Gasteiger partial charge in [-0.1, -0.05) is 64.9 Å². The molecule has 426 valence electrons. The lowest BCUT2D eigenvalue weighted by Crippen LogP contribution is -2.38. The Labute approximate surface area is 478 Å². The van der Waals surface area contributed by atoms with Gasteiger partial charge < -0.3 is 38.2 Å². The van der Waals surface area contributed by atoms with Crippen molar-refractivity contribution in [1.82, 2.24) is 0 Å². The molecule has 9 rings (SSSR count). The van der Waals surface area contributed by atoms with E-state index in [0.717, 1.165) is 71.3 Å². The number of aliphatic imine (C=N–C) groups is 1. The molecule has 4 heterocycles. The number of benzene rings is 5. The van der Waals surface area contributed by atoms with Crippen LogP contribution in [0.15, 0.2) is 96.0 Å². The van der Waals surface area contributed by atoms with E-state index in [0.29, 0.717) is 92.4 Å². The lowest BCUT2D eigenvalue weighted by Gasteiger charge is -2.34. The predicted octanol–water partition coefficient (Wildman–Crippen LogP) is 10.3. The highest BCUT2D eigenvalue weighted by molar-refractivity contribution is 8.77. The van der Waals surface area contributed by atoms with Gasteiger partial charge in [-0.15, -0.1) is 0 Å². The Kier molecular flexibility index (Phi) is 19.3. The second kappa shape index (κ2) is 26.3. The van der Waals surface area contributed by atoms with Gasteiger partial charge in [0.25, 0.3) is 21.9 Å². The Balaban J connectivity index is 0.996. The number of fused-ring (bicyclic) bond motifs is 8. The number of para-hydroxylation sites is 2. The normalized spacial score (nSPS) is 16.7. The van der Waals surface area contributed by atoms with E-state index in [-0.39, 0.29) is 55.7 Å². The maximum atomic E-state index is 14.3. The zero-order valence-corrected chi connectivity index (χ0v) is 49.1. The smallest absolute Gasteiger partial charge is 0.277 e. The molecule has 0 saturated carbocycles. The summed E-state index contributed by atoms with van der Waals surface area (Å²) in [6.07, 6.45) is 5.16. The first kappa shape index (κ1) is 58.7. The number of Topliss-reactive ketones (excluding diaryl/α,β-unsaturated/α-hetero) is 1. The van der Waals surface area contributed by atoms with Gasteiger partial charge in [-0.25, -0.2) is 0 Å². The van der Waals surface area contributed by atoms with Crippen LogP contribution in [0, 0.1) is 6.92 Å². The molecule has 3 atom stereocenters. The van der Waals surface area contributed by atoms with Crippen molar-refractivity contribution in [3.05, 3.63) is 136 Å². The Bertz CT molecular complexity index is 3210. The molecule has 0 N–H and O–H groups in total. The van der Waals surface area contributed by atoms with Crippen molar-refractivity contribution in [2.75, 3.05) is 87.9 Å². The Morgan fingerprint density at radius 2 is 1.44 bits per heavy atom. The molecule has 1 unspecified atom stereocenters. The minimum Gasteiger partial charge on any atom is -0.493 e. The third kappa shape index (κ3) is 13.5. The van der Waals surface area contributed by atoms with Crippen molar-refractivity contribution in [2.45, 2.75) is 102 Å². The largest absolute Gasteiger partial charge is 0.493 e. The highest BCUT2D eigenvalue weighted by Gasteiger charge is 2.39. The molecule has 0 spiro atoms. The number of ether oxygens (including phenoxy) is 6. The van der Waals surface area contributed by atoms with Gasteiger partial charge in [0, 0.05) is 84.5 Å². The fraction of sp³-hybridized carbons (Fsp3) is 0.443. The average Bonchev–Trinajstić information content (AvgIpc) is 3.95. The first-order valence-corrected chi connectivity index (χ1v) is 31.0. The van der Waals surface area contributed by atoms with Gasteiger partial charge in [0.1, 0.15) is 24.2 Å². The van der Waals surface area contributed by atoms with E-state index in [1.807, 2.05) is 72.6 Å². The Morgan fingerprint density at radius 3 is 2.14 bits per heavy atom. The number of methoxy groups -OCH3 is 2. The molecule has 80 heavy (non-hydrogen) atoms. The van der Waals surface area contributed by atoms with Crippen LogP contribution in [0.25, 0.3) is 0 Å². The second-order valence-electron chi connectivity index (χ2n) is 21.0. The number of nitrogens with zero attached hydrogens (tertiary/aromatic N) is 4. The molecule has 5 aromatic rings. The molecule has 5 aromatic carbocycles. The summed E-state index contributed by atoms with van der Waals surface area (Å²) >= 11 is 0. The number of rotatable bonds is 28. The molecule has 4 aliphatic heterocycles. The van der Waals surface area contributed by atoms with Crippen LogP contribution in [-0.2, 0) is 65.8 Å². The van der Waals surface area contributed by atoms with Crippen molar-refractivity contribution in [1.29, 1.82) is 0 Å². The van der Waals surface area contributed by atoms with Crippen LogP contribution in [0.4, 0.5) is 22.7 Å². The number of carbonyl (C=O) groups excluding carboxylic acids is 3. The van der Waals surface area contributed by atoms with Crippen molar-refractivity contribution >= 4 is 78.3 Å². The summed E-state index contributed by atoms with van der Waals surface area (Å²) in [6, 6.07) is 29.8. The van der Waals surface area contributed by atoms with Gasteiger partial charge >= 0.3 is 0 Å². The summed E-state index contributed by atoms with van der Waals surface area (Å²) in [5, 5.41) is -1.23. The van der Waals surface area contributed by atoms with E-state index in [1.54, 1.807) is 49.0 Å². The fourth-order valence-electron chi connectivity index (χ4n) is 10.9. The van der Waals surface area contributed by atoms with Crippen LogP contribution in [0.1, 0.15) is 94.1 Å². The van der Waals surface area contributed by atoms with Crippen molar-refractivity contribution in [3.63, 3.8) is 0 Å². The standard InChI is InChI=1S/C61H72N4O12S3/c1-8-54(66)58(80(69,70)73-7)19-26-78-79-61(3,4)39-63(20-21-74-24-25-75-23-22-71-5)47-29-41(37-76-55-33-43-17-18-46-31-44-13-9-11-15-52(44)64(46)59(67)49(43)27-40(55)2)28-42(30-47)38-77-57-35-51-50(34-56(57)72-6)60(68)65-48(36-62-51)32-45-14-10-12-16-53(45)65/h9-16,27-30,33-36,46,48,58H,8,17-26,31-32,37-39H2,1-7H3/t46-,48+,58?/m1/s1. The third-order valence-corrected chi connectivity index (χ3v) is 19.9. The molecule has 19 heteroatoms. The SMILES string of the molecule is CCC(=O)C(CCSSC(C)(C)CN(CCOCCOCCOC)c1cc(COc2cc3c(cc2C)C(=O)N2c4ccccc4C[C@H]2CC3)cc(COc2cc3c(cc2OC)C(=O)N2c4ccccc4C[C@H]2C=N3)c1)S(=O)(=O)OC. The summed E-state index contributed by atoms with van der Waals surface area (Å²) < 4.78 is 66.1. The average molecular weight is 1150 g/mol. The molecule has 4 aliphatic rings. The molecule has 2 amide bonds. The lowest BCUT2D eigenvalue weighted by atomic mass is 9.98. The highest BCUT2D eigenvalue weighted by atomic mass is 33.1. The van der Waals surface area contributed by atoms with E-state index in [9.17, 15) is 22.8 Å². The quantitative estimate of drug-likeness (QED) is 0.0263. The van der Waals surface area contributed by atoms with Crippen LogP contribution < -0.4 is 28.9 Å². The van der Waals surface area contributed by atoms with Gasteiger partial charge in [-0.3, -0.25) is 28.5 Å². The molecule has 0 aromatic heterocycles. The number of hydrogen-bond acceptors (Lipinski definition) is 16. The predicted molar refractivity (Wildman–Crippen MR) is 317 cm³/mol. The summed E-state index contributed by atoms with van der Waals surface area (Å²) in [5.74, 6) is 1.42. The van der Waals surface area contributed by atoms with Crippen LogP contribution in [0.3, 0.4) is 0 Å². The van der Waals surface area contributed by atoms with Crippen LogP contribution in [0.5, 0.6) is 17.2 Å². The van der Waals surface area contributed by atoms with Crippen LogP contribution in [-0.4, -0.2) is 128 Å². The number of ketones is 1. The molecule has 16 nitrogen and oxygen atoms in total. The highest BCUT2D eigenvalue weighted by Crippen LogP contribution is 2.43. The van der Waals surface area contributed by atoms with E-state index < -0.39 is 20.1 Å². The van der Waals surface area contributed by atoms with Gasteiger partial charge in [-0.2, -0.15) is 8.42 Å². The van der Waals surface area contributed by atoms with E-state index in [1.165, 1.54) is 16.4 Å². The number of anilines is 3. The van der Waals surface area contributed by atoms with Gasteiger partial charge in [0.05, 0.1) is 64.5 Å². The van der Waals surface area contributed by atoms with E-state index in [2.05, 4.69) is 43.0 Å². The molecule has 0 aliphatic carbocycles. The number of amides is 2.